The summed E-state index contributed by atoms with van der Waals surface area (Å²) in [5, 5.41) is 21.0. The molecule has 3 rings (SSSR count). The van der Waals surface area contributed by atoms with Gasteiger partial charge in [0.1, 0.15) is 0 Å². The van der Waals surface area contributed by atoms with Crippen LogP contribution in [0.2, 0.25) is 0 Å². The van der Waals surface area contributed by atoms with E-state index in [9.17, 15) is 10.2 Å². The first-order valence-corrected chi connectivity index (χ1v) is 7.13. The van der Waals surface area contributed by atoms with Gasteiger partial charge < -0.3 is 10.2 Å². The van der Waals surface area contributed by atoms with Gasteiger partial charge in [0.2, 0.25) is 0 Å². The number of hydrogen-bond donors (Lipinski definition) is 2. The van der Waals surface area contributed by atoms with Crippen molar-refractivity contribution < 1.29 is 10.2 Å². The van der Waals surface area contributed by atoms with Gasteiger partial charge >= 0.3 is 0 Å². The highest BCUT2D eigenvalue weighted by molar-refractivity contribution is 5.19. The molecule has 0 heterocycles. The van der Waals surface area contributed by atoms with Gasteiger partial charge in [-0.25, -0.2) is 0 Å². The molecule has 2 N–H and O–H groups in total. The van der Waals surface area contributed by atoms with Gasteiger partial charge in [-0.05, 0) is 61.2 Å². The fraction of sp³-hybridized carbons (Fsp3) is 1.00. The molecule has 2 unspecified atom stereocenters. The van der Waals surface area contributed by atoms with E-state index in [2.05, 4.69) is 20.8 Å². The summed E-state index contributed by atoms with van der Waals surface area (Å²) in [6.07, 6.45) is 3.98. The number of fused-ring (bicyclic) bond motifs is 1. The van der Waals surface area contributed by atoms with Crippen LogP contribution in [-0.4, -0.2) is 21.9 Å². The monoisotopic (exact) mass is 238 g/mol. The molecule has 2 heteroatoms. The van der Waals surface area contributed by atoms with E-state index < -0.39 is 11.7 Å². The molecular formula is C15H26O2. The molecule has 0 aromatic heterocycles. The van der Waals surface area contributed by atoms with E-state index in [0.29, 0.717) is 17.3 Å². The Balaban J connectivity index is 2.10. The Kier molecular flexibility index (Phi) is 2.17. The normalized spacial score (nSPS) is 60.4. The highest BCUT2D eigenvalue weighted by Crippen LogP contribution is 2.73. The van der Waals surface area contributed by atoms with Crippen LogP contribution in [0.15, 0.2) is 0 Å². The predicted molar refractivity (Wildman–Crippen MR) is 67.5 cm³/mol. The van der Waals surface area contributed by atoms with Gasteiger partial charge in [-0.3, -0.25) is 0 Å². The molecule has 3 aliphatic rings. The molecule has 1 spiro atoms. The van der Waals surface area contributed by atoms with Crippen molar-refractivity contribution in [3.8, 4) is 0 Å². The molecule has 0 aromatic carbocycles. The van der Waals surface area contributed by atoms with Crippen molar-refractivity contribution in [3.05, 3.63) is 0 Å². The molecule has 0 amide bonds. The minimum absolute atomic E-state index is 0.172. The second-order valence-corrected chi connectivity index (χ2v) is 7.79. The topological polar surface area (TPSA) is 40.5 Å². The second kappa shape index (κ2) is 3.08. The summed E-state index contributed by atoms with van der Waals surface area (Å²) in [4.78, 5) is 0. The zero-order valence-corrected chi connectivity index (χ0v) is 11.5. The van der Waals surface area contributed by atoms with Crippen LogP contribution in [-0.2, 0) is 0 Å². The SMILES string of the molecule is C[C@@H]1CC[C@H]2C(C)(C)[C@@H]3CC12CC(O)[C@@]3(C)O. The lowest BCUT2D eigenvalue weighted by molar-refractivity contribution is -0.153. The number of hydrogen-bond acceptors (Lipinski definition) is 2. The molecular weight excluding hydrogens is 212 g/mol. The second-order valence-electron chi connectivity index (χ2n) is 7.79. The van der Waals surface area contributed by atoms with Crippen LogP contribution in [0.1, 0.15) is 53.4 Å². The summed E-state index contributed by atoms with van der Waals surface area (Å²) < 4.78 is 0. The third kappa shape index (κ3) is 1.19. The standard InChI is InChI=1S/C15H26O2/c1-9-5-6-10-13(2,3)11-7-15(9,10)8-12(16)14(11,4)17/h9-12,16-17H,5-8H2,1-4H3/t9-,10+,11+,12?,14+,15?/m1/s1. The Morgan fingerprint density at radius 2 is 1.65 bits per heavy atom. The zero-order chi connectivity index (χ0) is 12.6. The molecule has 6 atom stereocenters. The molecule has 98 valence electrons. The summed E-state index contributed by atoms with van der Waals surface area (Å²) in [5.41, 5.74) is -0.402. The van der Waals surface area contributed by atoms with E-state index in [1.165, 1.54) is 12.8 Å². The first-order valence-electron chi connectivity index (χ1n) is 7.13. The van der Waals surface area contributed by atoms with Gasteiger partial charge in [-0.2, -0.15) is 0 Å². The van der Waals surface area contributed by atoms with Crippen molar-refractivity contribution in [1.82, 2.24) is 0 Å². The van der Waals surface area contributed by atoms with Gasteiger partial charge in [0.05, 0.1) is 11.7 Å². The zero-order valence-electron chi connectivity index (χ0n) is 11.5. The summed E-state index contributed by atoms with van der Waals surface area (Å²) in [6, 6.07) is 0. The van der Waals surface area contributed by atoms with Crippen molar-refractivity contribution in [3.63, 3.8) is 0 Å². The average molecular weight is 238 g/mol. The first kappa shape index (κ1) is 12.0. The summed E-state index contributed by atoms with van der Waals surface area (Å²) in [7, 11) is 0. The molecule has 3 aliphatic carbocycles. The van der Waals surface area contributed by atoms with Gasteiger partial charge in [-0.1, -0.05) is 20.8 Å². The van der Waals surface area contributed by atoms with Crippen LogP contribution in [0, 0.1) is 28.6 Å². The molecule has 17 heavy (non-hydrogen) atoms. The maximum absolute atomic E-state index is 10.7. The van der Waals surface area contributed by atoms with Crippen molar-refractivity contribution in [2.75, 3.05) is 0 Å². The lowest BCUT2D eigenvalue weighted by Gasteiger charge is -2.47. The first-order chi connectivity index (χ1) is 7.73. The van der Waals surface area contributed by atoms with E-state index in [-0.39, 0.29) is 11.3 Å². The van der Waals surface area contributed by atoms with Crippen molar-refractivity contribution in [2.45, 2.75) is 65.1 Å². The Hall–Kier alpha value is -0.0800. The lowest BCUT2D eigenvalue weighted by atomic mass is 9.63. The van der Waals surface area contributed by atoms with Crippen LogP contribution < -0.4 is 0 Å². The van der Waals surface area contributed by atoms with E-state index in [0.717, 1.165) is 12.8 Å². The minimum Gasteiger partial charge on any atom is -0.390 e. The van der Waals surface area contributed by atoms with Crippen LogP contribution in [0.5, 0.6) is 0 Å². The van der Waals surface area contributed by atoms with Gasteiger partial charge in [0.15, 0.2) is 0 Å². The van der Waals surface area contributed by atoms with Gasteiger partial charge in [0, 0.05) is 0 Å². The summed E-state index contributed by atoms with van der Waals surface area (Å²) >= 11 is 0. The molecule has 2 nitrogen and oxygen atoms in total. The molecule has 3 fully saturated rings. The average Bonchev–Trinajstić information content (AvgIpc) is 2.61. The van der Waals surface area contributed by atoms with E-state index in [1.807, 2.05) is 6.92 Å². The predicted octanol–water partition coefficient (Wildman–Crippen LogP) is 2.58. The third-order valence-electron chi connectivity index (χ3n) is 6.90. The fourth-order valence-electron chi connectivity index (χ4n) is 5.86. The Morgan fingerprint density at radius 3 is 2.29 bits per heavy atom. The van der Waals surface area contributed by atoms with E-state index >= 15 is 0 Å². The third-order valence-corrected chi connectivity index (χ3v) is 6.90. The van der Waals surface area contributed by atoms with E-state index in [4.69, 9.17) is 0 Å². The van der Waals surface area contributed by atoms with Gasteiger partial charge in [0.25, 0.3) is 0 Å². The Bertz CT molecular complexity index is 347. The summed E-state index contributed by atoms with van der Waals surface area (Å²) in [6.45, 7) is 8.83. The minimum atomic E-state index is -0.890. The van der Waals surface area contributed by atoms with Crippen molar-refractivity contribution in [1.29, 1.82) is 0 Å². The van der Waals surface area contributed by atoms with Crippen molar-refractivity contribution in [2.24, 2.45) is 28.6 Å². The highest BCUT2D eigenvalue weighted by atomic mass is 16.3. The van der Waals surface area contributed by atoms with Crippen molar-refractivity contribution >= 4 is 0 Å². The van der Waals surface area contributed by atoms with Crippen LogP contribution in [0.25, 0.3) is 0 Å². The lowest BCUT2D eigenvalue weighted by Crippen LogP contribution is -2.53. The quantitative estimate of drug-likeness (QED) is 0.681. The van der Waals surface area contributed by atoms with Crippen LogP contribution in [0.3, 0.4) is 0 Å². The maximum Gasteiger partial charge on any atom is 0.0911 e. The van der Waals surface area contributed by atoms with Crippen LogP contribution >= 0.6 is 0 Å². The Morgan fingerprint density at radius 1 is 1.00 bits per heavy atom. The largest absolute Gasteiger partial charge is 0.390 e. The van der Waals surface area contributed by atoms with Gasteiger partial charge in [-0.15, -0.1) is 0 Å². The Labute approximate surface area is 104 Å². The fourth-order valence-corrected chi connectivity index (χ4v) is 5.86. The number of aliphatic hydroxyl groups excluding tert-OH is 1. The number of aliphatic hydroxyl groups is 2. The van der Waals surface area contributed by atoms with Crippen LogP contribution in [0.4, 0.5) is 0 Å². The highest BCUT2D eigenvalue weighted by Gasteiger charge is 2.70. The molecule has 3 saturated carbocycles. The summed E-state index contributed by atoms with van der Waals surface area (Å²) in [5.74, 6) is 1.66. The smallest absolute Gasteiger partial charge is 0.0911 e. The molecule has 0 radical (unpaired) electrons. The molecule has 2 bridgehead atoms. The number of rotatable bonds is 0. The van der Waals surface area contributed by atoms with E-state index in [1.54, 1.807) is 0 Å². The maximum atomic E-state index is 10.7. The molecule has 0 saturated heterocycles. The molecule has 0 aliphatic heterocycles. The molecule has 0 aromatic rings.